The minimum Gasteiger partial charge on any atom is -0.550 e. The zero-order valence-electron chi connectivity index (χ0n) is 27.2. The molecule has 234 valence electrons. The normalized spacial score (nSPS) is 23.8. The molecule has 8 heteroatoms. The van der Waals surface area contributed by atoms with Crippen molar-refractivity contribution in [3.63, 3.8) is 0 Å². The van der Waals surface area contributed by atoms with E-state index in [4.69, 9.17) is 9.68 Å². The molecule has 0 amide bonds. The number of nitrogens with zero attached hydrogens (tertiary/aromatic N) is 2. The molecule has 0 aromatic heterocycles. The summed E-state index contributed by atoms with van der Waals surface area (Å²) < 4.78 is 0. The third-order valence-corrected chi connectivity index (χ3v) is 9.51. The molecule has 0 spiro atoms. The molecule has 2 rings (SSSR count). The first-order chi connectivity index (χ1) is 18.4. The Labute approximate surface area is 244 Å². The molecule has 2 saturated heterocycles. The van der Waals surface area contributed by atoms with E-state index in [0.29, 0.717) is 51.7 Å². The highest BCUT2D eigenvalue weighted by atomic mass is 16.7. The predicted molar refractivity (Wildman–Crippen MR) is 153 cm³/mol. The SMILES string of the molecule is CCON1C(C)(C)CC(C(CCCCCCCC(=O)[O-])(C(=O)[O-])C2CC(C)(C)N(OCC)C(C)(C)C2)CC1(C)C. The zero-order valence-corrected chi connectivity index (χ0v) is 27.2. The van der Waals surface area contributed by atoms with Crippen LogP contribution in [0.5, 0.6) is 0 Å². The average Bonchev–Trinajstić information content (AvgIpc) is 2.79. The standard InChI is InChI=1S/C32H60N2O6/c1-11-39-33-28(3,4)20-24(21-29(33,5)6)32(27(37)38,19-17-15-13-14-16-18-26(35)36)25-22-30(7,8)34(40-12-2)31(9,10)23-25/h24-25H,11-23H2,1-10H3,(H,35,36)(H,37,38)/p-2. The van der Waals surface area contributed by atoms with E-state index in [9.17, 15) is 19.8 Å². The van der Waals surface area contributed by atoms with E-state index in [1.807, 2.05) is 13.8 Å². The van der Waals surface area contributed by atoms with Gasteiger partial charge in [0.25, 0.3) is 0 Å². The van der Waals surface area contributed by atoms with Gasteiger partial charge >= 0.3 is 0 Å². The fourth-order valence-electron chi connectivity index (χ4n) is 8.61. The van der Waals surface area contributed by atoms with Gasteiger partial charge in [-0.1, -0.05) is 25.7 Å². The van der Waals surface area contributed by atoms with Gasteiger partial charge in [0.1, 0.15) is 0 Å². The largest absolute Gasteiger partial charge is 0.550 e. The maximum atomic E-state index is 13.6. The summed E-state index contributed by atoms with van der Waals surface area (Å²) in [7, 11) is 0. The summed E-state index contributed by atoms with van der Waals surface area (Å²) in [5.41, 5.74) is -2.36. The van der Waals surface area contributed by atoms with Crippen molar-refractivity contribution in [3.8, 4) is 0 Å². The zero-order chi connectivity index (χ0) is 30.6. The van der Waals surface area contributed by atoms with Gasteiger partial charge in [-0.25, -0.2) is 0 Å². The fraction of sp³-hybridized carbons (Fsp3) is 0.938. The maximum Gasteiger partial charge on any atom is 0.0657 e. The van der Waals surface area contributed by atoms with Gasteiger partial charge in [0.2, 0.25) is 0 Å². The Bertz CT molecular complexity index is 770. The second kappa shape index (κ2) is 13.4. The summed E-state index contributed by atoms with van der Waals surface area (Å²) in [6, 6.07) is 0. The number of carboxylic acids is 2. The Morgan fingerprint density at radius 2 is 1.02 bits per heavy atom. The van der Waals surface area contributed by atoms with Crippen LogP contribution in [-0.4, -0.2) is 57.4 Å². The van der Waals surface area contributed by atoms with Crippen molar-refractivity contribution in [1.82, 2.24) is 10.1 Å². The van der Waals surface area contributed by atoms with Gasteiger partial charge in [-0.2, -0.15) is 10.1 Å². The molecule has 0 saturated carbocycles. The minimum absolute atomic E-state index is 0.0764. The van der Waals surface area contributed by atoms with Crippen LogP contribution in [0.15, 0.2) is 0 Å². The molecule has 0 atom stereocenters. The number of hydroxylamine groups is 4. The Morgan fingerprint density at radius 1 is 0.675 bits per heavy atom. The van der Waals surface area contributed by atoms with Crippen molar-refractivity contribution >= 4 is 11.9 Å². The lowest BCUT2D eigenvalue weighted by molar-refractivity contribution is -0.342. The molecule has 2 aliphatic heterocycles. The number of carboxylic acid groups (broad SMARTS) is 2. The Kier molecular flexibility index (Phi) is 11.7. The van der Waals surface area contributed by atoms with Crippen molar-refractivity contribution < 1.29 is 29.5 Å². The Hall–Kier alpha value is -1.22. The van der Waals surface area contributed by atoms with Crippen molar-refractivity contribution in [2.45, 2.75) is 162 Å². The van der Waals surface area contributed by atoms with E-state index in [-0.39, 0.29) is 40.4 Å². The molecule has 2 heterocycles. The second-order valence-electron chi connectivity index (χ2n) is 14.9. The Morgan fingerprint density at radius 3 is 1.35 bits per heavy atom. The number of piperidine rings is 2. The summed E-state index contributed by atoms with van der Waals surface area (Å²) in [6.45, 7) is 22.5. The molecule has 8 nitrogen and oxygen atoms in total. The molecular formula is C32H58N2O6-2. The molecule has 40 heavy (non-hydrogen) atoms. The third-order valence-electron chi connectivity index (χ3n) is 9.51. The predicted octanol–water partition coefficient (Wildman–Crippen LogP) is 4.64. The number of hydrogen-bond donors (Lipinski definition) is 0. The minimum atomic E-state index is -1.01. The van der Waals surface area contributed by atoms with Crippen LogP contribution in [0.3, 0.4) is 0 Å². The smallest absolute Gasteiger partial charge is 0.0657 e. The third kappa shape index (κ3) is 7.78. The quantitative estimate of drug-likeness (QED) is 0.264. The number of aliphatic carboxylic acids is 2. The van der Waals surface area contributed by atoms with Crippen LogP contribution in [0.25, 0.3) is 0 Å². The van der Waals surface area contributed by atoms with Crippen molar-refractivity contribution in [2.75, 3.05) is 13.2 Å². The molecule has 0 aromatic carbocycles. The van der Waals surface area contributed by atoms with Gasteiger partial charge in [0, 0.05) is 39.5 Å². The number of carbonyl (C=O) groups is 2. The van der Waals surface area contributed by atoms with Crippen LogP contribution >= 0.6 is 0 Å². The topological polar surface area (TPSA) is 105 Å². The first-order valence-electron chi connectivity index (χ1n) is 15.6. The highest BCUT2D eigenvalue weighted by Gasteiger charge is 2.59. The highest BCUT2D eigenvalue weighted by Crippen LogP contribution is 2.58. The Balaban J connectivity index is 2.48. The van der Waals surface area contributed by atoms with E-state index >= 15 is 0 Å². The maximum absolute atomic E-state index is 13.6. The van der Waals surface area contributed by atoms with E-state index in [2.05, 4.69) is 65.5 Å². The number of rotatable bonds is 15. The molecule has 0 unspecified atom stereocenters. The van der Waals surface area contributed by atoms with Crippen LogP contribution in [0, 0.1) is 17.3 Å². The van der Waals surface area contributed by atoms with Gasteiger partial charge < -0.3 is 19.8 Å². The molecule has 0 aliphatic carbocycles. The van der Waals surface area contributed by atoms with Crippen molar-refractivity contribution in [3.05, 3.63) is 0 Å². The first-order valence-corrected chi connectivity index (χ1v) is 15.6. The molecule has 0 aromatic rings. The molecule has 2 aliphatic rings. The van der Waals surface area contributed by atoms with Gasteiger partial charge in [-0.05, 0) is 126 Å². The van der Waals surface area contributed by atoms with Gasteiger partial charge in [-0.15, -0.1) is 0 Å². The van der Waals surface area contributed by atoms with E-state index in [0.717, 1.165) is 25.7 Å². The van der Waals surface area contributed by atoms with E-state index in [1.165, 1.54) is 0 Å². The molecular weight excluding hydrogens is 508 g/mol. The molecule has 2 fully saturated rings. The summed E-state index contributed by atoms with van der Waals surface area (Å²) >= 11 is 0. The molecule has 0 bridgehead atoms. The lowest BCUT2D eigenvalue weighted by atomic mass is 9.52. The van der Waals surface area contributed by atoms with Crippen LogP contribution in [0.4, 0.5) is 0 Å². The molecule has 0 N–H and O–H groups in total. The van der Waals surface area contributed by atoms with Crippen LogP contribution in [0.2, 0.25) is 0 Å². The van der Waals surface area contributed by atoms with Gasteiger partial charge in [0.15, 0.2) is 0 Å². The van der Waals surface area contributed by atoms with E-state index < -0.39 is 17.4 Å². The van der Waals surface area contributed by atoms with Crippen molar-refractivity contribution in [2.24, 2.45) is 17.3 Å². The number of unbranched alkanes of at least 4 members (excludes halogenated alkanes) is 4. The highest BCUT2D eigenvalue weighted by molar-refractivity contribution is 5.73. The lowest BCUT2D eigenvalue weighted by Gasteiger charge is -2.63. The second-order valence-corrected chi connectivity index (χ2v) is 14.9. The van der Waals surface area contributed by atoms with Crippen LogP contribution in [0.1, 0.15) is 140 Å². The van der Waals surface area contributed by atoms with Gasteiger partial charge in [0.05, 0.1) is 13.2 Å². The fourth-order valence-corrected chi connectivity index (χ4v) is 8.61. The average molecular weight is 567 g/mol. The summed E-state index contributed by atoms with van der Waals surface area (Å²) in [6.07, 6.45) is 7.43. The van der Waals surface area contributed by atoms with E-state index in [1.54, 1.807) is 0 Å². The summed E-state index contributed by atoms with van der Waals surface area (Å²) in [4.78, 5) is 36.7. The number of hydrogen-bond acceptors (Lipinski definition) is 8. The summed E-state index contributed by atoms with van der Waals surface area (Å²) in [5, 5.41) is 28.6. The lowest BCUT2D eigenvalue weighted by Crippen LogP contribution is -2.68. The number of carbonyl (C=O) groups excluding carboxylic acids is 2. The molecule has 0 radical (unpaired) electrons. The monoisotopic (exact) mass is 566 g/mol. The van der Waals surface area contributed by atoms with Crippen molar-refractivity contribution in [1.29, 1.82) is 0 Å². The van der Waals surface area contributed by atoms with Crippen LogP contribution in [-0.2, 0) is 19.3 Å². The van der Waals surface area contributed by atoms with Gasteiger partial charge in [-0.3, -0.25) is 9.68 Å². The van der Waals surface area contributed by atoms with Crippen LogP contribution < -0.4 is 10.2 Å². The summed E-state index contributed by atoms with van der Waals surface area (Å²) in [5.74, 6) is -2.09. The first kappa shape index (κ1) is 35.0.